The number of carboxylic acid groups (broad SMARTS) is 1. The van der Waals surface area contributed by atoms with Gasteiger partial charge in [0.1, 0.15) is 18.1 Å². The summed E-state index contributed by atoms with van der Waals surface area (Å²) in [6, 6.07) is -4.05. The number of aliphatic carboxylic acids is 1. The molecule has 0 spiro atoms. The maximum absolute atomic E-state index is 13.6. The number of rotatable bonds is 14. The van der Waals surface area contributed by atoms with E-state index in [1.807, 2.05) is 0 Å². The molecule has 1 aliphatic heterocycles. The fourth-order valence-electron chi connectivity index (χ4n) is 4.35. The summed E-state index contributed by atoms with van der Waals surface area (Å²) < 4.78 is 0. The maximum atomic E-state index is 13.6. The van der Waals surface area contributed by atoms with Gasteiger partial charge in [-0.15, -0.1) is 0 Å². The van der Waals surface area contributed by atoms with E-state index in [2.05, 4.69) is 35.6 Å². The van der Waals surface area contributed by atoms with Crippen LogP contribution in [0, 0.1) is 0 Å². The van der Waals surface area contributed by atoms with Crippen LogP contribution in [0.4, 0.5) is 0 Å². The van der Waals surface area contributed by atoms with Gasteiger partial charge in [0.05, 0.1) is 18.7 Å². The first-order valence-electron chi connectivity index (χ1n) is 12.5. The lowest BCUT2D eigenvalue weighted by molar-refractivity contribution is -0.145. The number of likely N-dealkylation sites (tertiary alicyclic amines) is 1. The van der Waals surface area contributed by atoms with Gasteiger partial charge in [0.2, 0.25) is 17.7 Å². The van der Waals surface area contributed by atoms with Crippen molar-refractivity contribution < 1.29 is 24.3 Å². The molecule has 0 saturated carbocycles. The molecule has 2 aromatic heterocycles. The van der Waals surface area contributed by atoms with Crippen LogP contribution in [0.25, 0.3) is 0 Å². The lowest BCUT2D eigenvalue weighted by Crippen LogP contribution is -2.57. The van der Waals surface area contributed by atoms with Crippen LogP contribution in [0.1, 0.15) is 37.1 Å². The van der Waals surface area contributed by atoms with E-state index >= 15 is 0 Å². The second kappa shape index (κ2) is 13.9. The summed E-state index contributed by atoms with van der Waals surface area (Å²) in [6.45, 7) is 0.510. The predicted molar refractivity (Wildman–Crippen MR) is 139 cm³/mol. The molecule has 0 aromatic carbocycles. The highest BCUT2D eigenvalue weighted by atomic mass is 16.4. The van der Waals surface area contributed by atoms with Crippen LogP contribution in [-0.4, -0.2) is 96.8 Å². The summed E-state index contributed by atoms with van der Waals surface area (Å²) in [5.74, 6) is -2.92. The van der Waals surface area contributed by atoms with Crippen LogP contribution in [0.5, 0.6) is 0 Å². The molecule has 3 heterocycles. The third kappa shape index (κ3) is 8.53. The number of H-pyrrole nitrogens is 2. The molecule has 3 rings (SSSR count). The Bertz CT molecular complexity index is 1130. The Labute approximate surface area is 224 Å². The van der Waals surface area contributed by atoms with Crippen molar-refractivity contribution in [3.8, 4) is 0 Å². The van der Waals surface area contributed by atoms with Crippen LogP contribution in [-0.2, 0) is 32.0 Å². The van der Waals surface area contributed by atoms with E-state index in [9.17, 15) is 24.3 Å². The fourth-order valence-corrected chi connectivity index (χ4v) is 4.35. The lowest BCUT2D eigenvalue weighted by atomic mass is 10.1. The van der Waals surface area contributed by atoms with Gasteiger partial charge in [-0.05, 0) is 25.7 Å². The number of hydrogen-bond donors (Lipinski definition) is 8. The molecule has 0 aliphatic carbocycles. The van der Waals surface area contributed by atoms with Gasteiger partial charge in [0.15, 0.2) is 5.96 Å². The number of amides is 3. The van der Waals surface area contributed by atoms with Gasteiger partial charge in [0, 0.05) is 49.7 Å². The molecule has 1 fully saturated rings. The van der Waals surface area contributed by atoms with Crippen LogP contribution < -0.4 is 27.8 Å². The zero-order chi connectivity index (χ0) is 28.4. The van der Waals surface area contributed by atoms with Gasteiger partial charge in [-0.25, -0.2) is 14.8 Å². The number of aromatic nitrogens is 4. The predicted octanol–water partition coefficient (Wildman–Crippen LogP) is -2.66. The minimum absolute atomic E-state index is 0.000562. The topological polar surface area (TPSA) is 264 Å². The largest absolute Gasteiger partial charge is 0.480 e. The van der Waals surface area contributed by atoms with Crippen molar-refractivity contribution in [3.63, 3.8) is 0 Å². The molecule has 39 heavy (non-hydrogen) atoms. The Balaban J connectivity index is 1.69. The van der Waals surface area contributed by atoms with Crippen LogP contribution in [0.15, 0.2) is 30.0 Å². The SMILES string of the molecule is NC(N)=NCCCC(NC(=O)C(N)Cc1cnc[nH]1)C(=O)N1CCCC1C(=O)NC(Cc1cnc[nH]1)C(=O)O. The van der Waals surface area contributed by atoms with Crippen molar-refractivity contribution >= 4 is 29.7 Å². The van der Waals surface area contributed by atoms with Crippen molar-refractivity contribution in [1.82, 2.24) is 35.5 Å². The minimum Gasteiger partial charge on any atom is -0.480 e. The van der Waals surface area contributed by atoms with Crippen LogP contribution in [0.3, 0.4) is 0 Å². The summed E-state index contributed by atoms with van der Waals surface area (Å²) in [6.07, 6.45) is 7.55. The average molecular weight is 546 g/mol. The van der Waals surface area contributed by atoms with Gasteiger partial charge in [0.25, 0.3) is 0 Å². The number of hydrogen-bond acceptors (Lipinski definition) is 8. The molecule has 16 heteroatoms. The molecule has 3 amide bonds. The Morgan fingerprint density at radius 3 is 2.33 bits per heavy atom. The van der Waals surface area contributed by atoms with Crippen molar-refractivity contribution in [3.05, 3.63) is 36.4 Å². The Hall–Kier alpha value is -4.47. The molecule has 212 valence electrons. The normalized spacial score (nSPS) is 17.2. The number of imidazole rings is 2. The third-order valence-corrected chi connectivity index (χ3v) is 6.32. The van der Waals surface area contributed by atoms with E-state index in [0.717, 1.165) is 0 Å². The van der Waals surface area contributed by atoms with E-state index in [-0.39, 0.29) is 38.3 Å². The molecular weight excluding hydrogens is 510 g/mol. The van der Waals surface area contributed by atoms with Gasteiger partial charge in [-0.2, -0.15) is 0 Å². The van der Waals surface area contributed by atoms with E-state index in [1.54, 1.807) is 6.20 Å². The quantitative estimate of drug-likeness (QED) is 0.0693. The number of aromatic amines is 2. The van der Waals surface area contributed by atoms with Crippen molar-refractivity contribution in [2.75, 3.05) is 13.1 Å². The van der Waals surface area contributed by atoms with E-state index in [4.69, 9.17) is 17.2 Å². The van der Waals surface area contributed by atoms with Crippen molar-refractivity contribution in [2.24, 2.45) is 22.2 Å². The first kappa shape index (κ1) is 29.1. The van der Waals surface area contributed by atoms with Crippen LogP contribution >= 0.6 is 0 Å². The summed E-state index contributed by atoms with van der Waals surface area (Å²) in [5, 5.41) is 14.8. The number of aliphatic imine (C=N–C) groups is 1. The second-order valence-corrected chi connectivity index (χ2v) is 9.27. The Morgan fingerprint density at radius 1 is 1.08 bits per heavy atom. The maximum Gasteiger partial charge on any atom is 0.326 e. The van der Waals surface area contributed by atoms with Crippen molar-refractivity contribution in [2.45, 2.75) is 62.7 Å². The molecule has 16 nitrogen and oxygen atoms in total. The highest BCUT2D eigenvalue weighted by Crippen LogP contribution is 2.20. The van der Waals surface area contributed by atoms with E-state index in [0.29, 0.717) is 30.7 Å². The molecule has 4 unspecified atom stereocenters. The van der Waals surface area contributed by atoms with Crippen molar-refractivity contribution in [1.29, 1.82) is 0 Å². The highest BCUT2D eigenvalue weighted by molar-refractivity contribution is 5.94. The number of carbonyl (C=O) groups excluding carboxylic acids is 3. The van der Waals surface area contributed by atoms with Gasteiger partial charge in [-0.3, -0.25) is 19.4 Å². The number of carbonyl (C=O) groups is 4. The average Bonchev–Trinajstić information content (AvgIpc) is 3.67. The van der Waals surface area contributed by atoms with Gasteiger partial charge in [-0.1, -0.05) is 0 Å². The lowest BCUT2D eigenvalue weighted by Gasteiger charge is -2.30. The first-order chi connectivity index (χ1) is 18.7. The summed E-state index contributed by atoms with van der Waals surface area (Å²) in [7, 11) is 0. The van der Waals surface area contributed by atoms with E-state index in [1.165, 1.54) is 23.8 Å². The summed E-state index contributed by atoms with van der Waals surface area (Å²) >= 11 is 0. The second-order valence-electron chi connectivity index (χ2n) is 9.27. The molecule has 1 aliphatic rings. The number of nitrogens with two attached hydrogens (primary N) is 3. The third-order valence-electron chi connectivity index (χ3n) is 6.32. The molecule has 0 radical (unpaired) electrons. The first-order valence-corrected chi connectivity index (χ1v) is 12.5. The number of nitrogens with one attached hydrogen (secondary N) is 4. The molecular formula is C23H35N11O5. The standard InChI is InChI=1S/C23H35N11O5/c24-15(7-13-9-27-11-30-13)19(35)32-16(3-1-5-29-23(25)26)21(37)34-6-2-4-18(34)20(36)33-17(22(38)39)8-14-10-28-12-31-14/h9-12,15-18H,1-8,24H2,(H,27,30)(H,28,31)(H,32,35)(H,33,36)(H,38,39)(H4,25,26,29). The summed E-state index contributed by atoms with van der Waals surface area (Å²) in [5.41, 5.74) is 18.0. The van der Waals surface area contributed by atoms with Crippen LogP contribution in [0.2, 0.25) is 0 Å². The number of nitrogens with zero attached hydrogens (tertiary/aromatic N) is 4. The van der Waals surface area contributed by atoms with Gasteiger partial charge >= 0.3 is 5.97 Å². The smallest absolute Gasteiger partial charge is 0.326 e. The zero-order valence-corrected chi connectivity index (χ0v) is 21.4. The molecule has 0 bridgehead atoms. The Kier molecular flexibility index (Phi) is 10.4. The molecule has 2 aromatic rings. The zero-order valence-electron chi connectivity index (χ0n) is 21.4. The minimum atomic E-state index is -1.22. The monoisotopic (exact) mass is 545 g/mol. The van der Waals surface area contributed by atoms with E-state index < -0.39 is 47.9 Å². The number of guanidine groups is 1. The summed E-state index contributed by atoms with van der Waals surface area (Å²) in [4.78, 5) is 70.1. The molecule has 1 saturated heterocycles. The molecule has 11 N–H and O–H groups in total. The fraction of sp³-hybridized carbons (Fsp3) is 0.522. The van der Waals surface area contributed by atoms with Gasteiger partial charge < -0.3 is 47.8 Å². The Morgan fingerprint density at radius 2 is 1.74 bits per heavy atom. The number of carboxylic acids is 1. The highest BCUT2D eigenvalue weighted by Gasteiger charge is 2.39. The molecule has 4 atom stereocenters.